The van der Waals surface area contributed by atoms with Gasteiger partial charge in [-0.25, -0.2) is 13.1 Å². The Balaban J connectivity index is 2.11. The first kappa shape index (κ1) is 31.1. The smallest absolute Gasteiger partial charge is 0.309 e. The van der Waals surface area contributed by atoms with Crippen LogP contribution in [0.3, 0.4) is 0 Å². The van der Waals surface area contributed by atoms with Gasteiger partial charge < -0.3 is 19.5 Å². The van der Waals surface area contributed by atoms with E-state index in [0.29, 0.717) is 30.8 Å². The quantitative estimate of drug-likeness (QED) is 0.208. The normalized spacial score (nSPS) is 16.0. The van der Waals surface area contributed by atoms with Crippen molar-refractivity contribution in [1.29, 1.82) is 0 Å². The standard InChI is InChI=1S/C29H42N2O6S2/c1-6-8-15-29(16-9-7-2)20-31(22-10-12-23(32)13-11-22)24-18-26(38-5)25(19-27(24)39(34,35)30-29)36-17-14-28(33)37-21(3)4/h10-13,18-19,21,30,32H,6-9,14-17,20H2,1-5H3. The predicted octanol–water partition coefficient (Wildman–Crippen LogP) is 6.38. The number of rotatable bonds is 13. The number of esters is 1. The Bertz CT molecular complexity index is 1210. The van der Waals surface area contributed by atoms with Gasteiger partial charge in [-0.05, 0) is 63.3 Å². The number of hydrogen-bond acceptors (Lipinski definition) is 8. The fraction of sp³-hybridized carbons (Fsp3) is 0.552. The summed E-state index contributed by atoms with van der Waals surface area (Å²) in [7, 11) is -3.92. The number of aromatic hydroxyl groups is 1. The largest absolute Gasteiger partial charge is 0.508 e. The summed E-state index contributed by atoms with van der Waals surface area (Å²) in [5.74, 6) is 0.187. The Hall–Kier alpha value is -2.43. The van der Waals surface area contributed by atoms with Crippen molar-refractivity contribution in [3.8, 4) is 11.5 Å². The second-order valence-electron chi connectivity index (χ2n) is 10.3. The Morgan fingerprint density at radius 1 is 1.13 bits per heavy atom. The Labute approximate surface area is 237 Å². The highest BCUT2D eigenvalue weighted by atomic mass is 32.2. The van der Waals surface area contributed by atoms with Crippen molar-refractivity contribution in [3.63, 3.8) is 0 Å². The third-order valence-corrected chi connectivity index (χ3v) is 9.11. The van der Waals surface area contributed by atoms with Gasteiger partial charge in [0.2, 0.25) is 10.0 Å². The molecule has 0 saturated carbocycles. The van der Waals surface area contributed by atoms with Crippen LogP contribution in [-0.4, -0.2) is 50.5 Å². The van der Waals surface area contributed by atoms with Crippen LogP contribution in [0, 0.1) is 0 Å². The fourth-order valence-electron chi connectivity index (χ4n) is 4.83. The maximum absolute atomic E-state index is 14.0. The molecule has 0 atom stereocenters. The number of phenols is 1. The molecule has 8 nitrogen and oxygen atoms in total. The molecule has 1 aliphatic heterocycles. The summed E-state index contributed by atoms with van der Waals surface area (Å²) >= 11 is 1.45. The van der Waals surface area contributed by atoms with Gasteiger partial charge in [-0.3, -0.25) is 4.79 Å². The second kappa shape index (κ2) is 13.8. The number of fused-ring (bicyclic) bond motifs is 1. The molecule has 0 amide bonds. The maximum atomic E-state index is 14.0. The van der Waals surface area contributed by atoms with Gasteiger partial charge in [-0.15, -0.1) is 11.8 Å². The van der Waals surface area contributed by atoms with E-state index in [1.165, 1.54) is 11.8 Å². The number of unbranched alkanes of at least 4 members (excludes halogenated alkanes) is 2. The van der Waals surface area contributed by atoms with Crippen molar-refractivity contribution in [3.05, 3.63) is 36.4 Å². The highest BCUT2D eigenvalue weighted by Gasteiger charge is 2.42. The van der Waals surface area contributed by atoms with Crippen LogP contribution in [-0.2, 0) is 19.6 Å². The summed E-state index contributed by atoms with van der Waals surface area (Å²) in [5, 5.41) is 9.93. The van der Waals surface area contributed by atoms with E-state index in [1.807, 2.05) is 29.4 Å². The van der Waals surface area contributed by atoms with E-state index >= 15 is 0 Å². The van der Waals surface area contributed by atoms with E-state index < -0.39 is 15.6 Å². The van der Waals surface area contributed by atoms with Crippen molar-refractivity contribution in [2.75, 3.05) is 24.3 Å². The number of anilines is 2. The van der Waals surface area contributed by atoms with Crippen LogP contribution >= 0.6 is 11.8 Å². The Morgan fingerprint density at radius 2 is 1.77 bits per heavy atom. The van der Waals surface area contributed by atoms with E-state index in [9.17, 15) is 18.3 Å². The van der Waals surface area contributed by atoms with E-state index in [-0.39, 0.29) is 35.7 Å². The van der Waals surface area contributed by atoms with Crippen molar-refractivity contribution in [2.24, 2.45) is 0 Å². The first-order chi connectivity index (χ1) is 18.5. The predicted molar refractivity (Wildman–Crippen MR) is 157 cm³/mol. The van der Waals surface area contributed by atoms with Crippen LogP contribution in [0.1, 0.15) is 72.6 Å². The summed E-state index contributed by atoms with van der Waals surface area (Å²) in [5.41, 5.74) is 0.685. The maximum Gasteiger partial charge on any atom is 0.309 e. The minimum absolute atomic E-state index is 0.0604. The second-order valence-corrected chi connectivity index (χ2v) is 12.8. The van der Waals surface area contributed by atoms with E-state index in [0.717, 1.165) is 36.3 Å². The Morgan fingerprint density at radius 3 is 2.33 bits per heavy atom. The van der Waals surface area contributed by atoms with Crippen LogP contribution in [0.2, 0.25) is 0 Å². The molecule has 0 aromatic heterocycles. The summed E-state index contributed by atoms with van der Waals surface area (Å²) in [6, 6.07) is 10.3. The van der Waals surface area contributed by atoms with Crippen LogP contribution < -0.4 is 14.4 Å². The number of benzene rings is 2. The molecule has 0 saturated heterocycles. The number of ether oxygens (including phenoxy) is 2. The number of sulfonamides is 1. The lowest BCUT2D eigenvalue weighted by atomic mass is 9.87. The average Bonchev–Trinajstić information content (AvgIpc) is 2.98. The molecule has 0 radical (unpaired) electrons. The molecule has 0 aliphatic carbocycles. The van der Waals surface area contributed by atoms with E-state index in [2.05, 4.69) is 18.6 Å². The van der Waals surface area contributed by atoms with Gasteiger partial charge in [-0.1, -0.05) is 39.5 Å². The van der Waals surface area contributed by atoms with Crippen LogP contribution in [0.15, 0.2) is 46.2 Å². The number of hydrogen-bond donors (Lipinski definition) is 2. The summed E-state index contributed by atoms with van der Waals surface area (Å²) in [6.07, 6.45) is 6.86. The minimum Gasteiger partial charge on any atom is -0.508 e. The van der Waals surface area contributed by atoms with Crippen molar-refractivity contribution < 1.29 is 27.8 Å². The first-order valence-electron chi connectivity index (χ1n) is 13.7. The van der Waals surface area contributed by atoms with E-state index in [4.69, 9.17) is 9.47 Å². The molecule has 0 fully saturated rings. The molecule has 1 aliphatic rings. The third kappa shape index (κ3) is 8.05. The molecular weight excluding hydrogens is 536 g/mol. The summed E-state index contributed by atoms with van der Waals surface area (Å²) < 4.78 is 42.3. The van der Waals surface area contributed by atoms with Gasteiger partial charge in [0.25, 0.3) is 0 Å². The van der Waals surface area contributed by atoms with Crippen molar-refractivity contribution >= 4 is 39.1 Å². The van der Waals surface area contributed by atoms with Crippen LogP contribution in [0.4, 0.5) is 11.4 Å². The molecule has 0 unspecified atom stereocenters. The topological polar surface area (TPSA) is 105 Å². The van der Waals surface area contributed by atoms with Gasteiger partial charge in [-0.2, -0.15) is 0 Å². The lowest BCUT2D eigenvalue weighted by molar-refractivity contribution is -0.147. The third-order valence-electron chi connectivity index (χ3n) is 6.75. The molecule has 10 heteroatoms. The Kier molecular flexibility index (Phi) is 11.0. The summed E-state index contributed by atoms with van der Waals surface area (Å²) in [4.78, 5) is 14.9. The molecule has 39 heavy (non-hydrogen) atoms. The van der Waals surface area contributed by atoms with Gasteiger partial charge in [0.05, 0.1) is 35.3 Å². The van der Waals surface area contributed by atoms with E-state index in [1.54, 1.807) is 32.0 Å². The number of nitrogens with one attached hydrogen (secondary N) is 1. The van der Waals surface area contributed by atoms with Crippen molar-refractivity contribution in [2.45, 2.75) is 94.1 Å². The molecule has 0 bridgehead atoms. The van der Waals surface area contributed by atoms with Crippen LogP contribution in [0.5, 0.6) is 11.5 Å². The molecule has 1 heterocycles. The average molecular weight is 579 g/mol. The number of phenolic OH excluding ortho intramolecular Hbond substituents is 1. The van der Waals surface area contributed by atoms with Gasteiger partial charge in [0, 0.05) is 18.3 Å². The molecule has 2 N–H and O–H groups in total. The molecule has 2 aromatic rings. The zero-order valence-electron chi connectivity index (χ0n) is 23.7. The van der Waals surface area contributed by atoms with Gasteiger partial charge >= 0.3 is 5.97 Å². The first-order valence-corrected chi connectivity index (χ1v) is 16.4. The lowest BCUT2D eigenvalue weighted by Crippen LogP contribution is -2.53. The number of carbonyl (C=O) groups excluding carboxylic acids is 1. The van der Waals surface area contributed by atoms with Crippen LogP contribution in [0.25, 0.3) is 0 Å². The van der Waals surface area contributed by atoms with Gasteiger partial charge in [0.15, 0.2) is 0 Å². The molecule has 216 valence electrons. The number of nitrogens with zero attached hydrogens (tertiary/aromatic N) is 1. The molecule has 2 aromatic carbocycles. The van der Waals surface area contributed by atoms with Crippen molar-refractivity contribution in [1.82, 2.24) is 4.72 Å². The molecule has 3 rings (SSSR count). The minimum atomic E-state index is -3.92. The fourth-order valence-corrected chi connectivity index (χ4v) is 7.04. The SMILES string of the molecule is CCCCC1(CCCC)CN(c2ccc(O)cc2)c2cc(SC)c(OCCC(=O)OC(C)C)cc2S(=O)(=O)N1. The highest BCUT2D eigenvalue weighted by molar-refractivity contribution is 7.98. The monoisotopic (exact) mass is 578 g/mol. The van der Waals surface area contributed by atoms with Gasteiger partial charge in [0.1, 0.15) is 16.4 Å². The zero-order valence-corrected chi connectivity index (χ0v) is 25.3. The number of carbonyl (C=O) groups is 1. The molecule has 0 spiro atoms. The molecular formula is C29H42N2O6S2. The number of thioether (sulfide) groups is 1. The zero-order chi connectivity index (χ0) is 28.6. The highest BCUT2D eigenvalue weighted by Crippen LogP contribution is 2.44. The lowest BCUT2D eigenvalue weighted by Gasteiger charge is -2.37. The summed E-state index contributed by atoms with van der Waals surface area (Å²) in [6.45, 7) is 8.32.